The van der Waals surface area contributed by atoms with E-state index in [-0.39, 0.29) is 0 Å². The van der Waals surface area contributed by atoms with Gasteiger partial charge in [0.1, 0.15) is 5.25 Å². The Morgan fingerprint density at radius 1 is 0.833 bits per heavy atom. The van der Waals surface area contributed by atoms with Crippen LogP contribution in [0.15, 0.2) is 18.2 Å². The van der Waals surface area contributed by atoms with Crippen molar-refractivity contribution in [3.05, 3.63) is 34.9 Å². The summed E-state index contributed by atoms with van der Waals surface area (Å²) in [5.74, 6) is 0.659. The smallest absolute Gasteiger partial charge is 0.271 e. The van der Waals surface area contributed by atoms with Gasteiger partial charge in [-0.15, -0.1) is 0 Å². The van der Waals surface area contributed by atoms with Crippen molar-refractivity contribution in [1.29, 1.82) is 0 Å². The van der Waals surface area contributed by atoms with Crippen molar-refractivity contribution >= 4 is 10.1 Å². The Bertz CT molecular complexity index is 490. The van der Waals surface area contributed by atoms with E-state index < -0.39 is 15.4 Å². The lowest BCUT2D eigenvalue weighted by Gasteiger charge is -2.17. The molecule has 0 aromatic heterocycles. The summed E-state index contributed by atoms with van der Waals surface area (Å²) in [7, 11) is -4.04. The molecule has 102 valence electrons. The number of hydrogen-bond acceptors (Lipinski definition) is 2. The fourth-order valence-corrected chi connectivity index (χ4v) is 2.26. The molecule has 1 unspecified atom stereocenters. The van der Waals surface area contributed by atoms with E-state index in [9.17, 15) is 13.0 Å². The van der Waals surface area contributed by atoms with E-state index in [0.29, 0.717) is 17.4 Å². The molecule has 0 aliphatic rings. The van der Waals surface area contributed by atoms with E-state index in [1.165, 1.54) is 6.92 Å². The molecule has 4 heteroatoms. The van der Waals surface area contributed by atoms with Gasteiger partial charge in [-0.05, 0) is 35.4 Å². The minimum absolute atomic E-state index is 0.330. The van der Waals surface area contributed by atoms with Crippen molar-refractivity contribution in [2.75, 3.05) is 0 Å². The maximum atomic E-state index is 11.2. The summed E-state index contributed by atoms with van der Waals surface area (Å²) in [4.78, 5) is 0. The highest BCUT2D eigenvalue weighted by Gasteiger charge is 2.21. The minimum atomic E-state index is -4.04. The third-order valence-corrected chi connectivity index (χ3v) is 4.42. The normalized spacial score (nSPS) is 14.2. The molecule has 0 fully saturated rings. The van der Waals surface area contributed by atoms with Gasteiger partial charge < -0.3 is 0 Å². The molecule has 0 amide bonds. The Morgan fingerprint density at radius 3 is 1.44 bits per heavy atom. The molecule has 3 nitrogen and oxygen atoms in total. The van der Waals surface area contributed by atoms with E-state index in [0.717, 1.165) is 11.1 Å². The molecule has 0 bridgehead atoms. The summed E-state index contributed by atoms with van der Waals surface area (Å²) in [5, 5.41) is -0.881. The van der Waals surface area contributed by atoms with Crippen molar-refractivity contribution in [2.24, 2.45) is 0 Å². The fourth-order valence-electron chi connectivity index (χ4n) is 1.78. The molecule has 1 N–H and O–H groups in total. The van der Waals surface area contributed by atoms with Gasteiger partial charge in [0.05, 0.1) is 0 Å². The Morgan fingerprint density at radius 2 is 1.17 bits per heavy atom. The second kappa shape index (κ2) is 5.41. The van der Waals surface area contributed by atoms with Crippen molar-refractivity contribution < 1.29 is 13.0 Å². The zero-order chi connectivity index (χ0) is 14.1. The van der Waals surface area contributed by atoms with Crippen molar-refractivity contribution in [3.8, 4) is 0 Å². The standard InChI is InChI=1S/C14H22O3S/c1-9(2)12-6-13(10(3)4)8-14(7-12)11(5)18(15,16)17/h6-11H,1-5H3,(H,15,16,17). The first-order valence-electron chi connectivity index (χ1n) is 6.24. The molecule has 1 aromatic carbocycles. The van der Waals surface area contributed by atoms with Crippen LogP contribution in [0.4, 0.5) is 0 Å². The highest BCUT2D eigenvalue weighted by molar-refractivity contribution is 7.86. The molecule has 0 aliphatic carbocycles. The van der Waals surface area contributed by atoms with Gasteiger partial charge in [-0.25, -0.2) is 0 Å². The van der Waals surface area contributed by atoms with Gasteiger partial charge in [-0.3, -0.25) is 4.55 Å². The summed E-state index contributed by atoms with van der Waals surface area (Å²) in [6.45, 7) is 9.80. The second-order valence-electron chi connectivity index (χ2n) is 5.40. The Hall–Kier alpha value is -0.870. The van der Waals surface area contributed by atoms with Gasteiger partial charge in [-0.2, -0.15) is 8.42 Å². The van der Waals surface area contributed by atoms with Crippen LogP contribution in [-0.4, -0.2) is 13.0 Å². The van der Waals surface area contributed by atoms with Crippen LogP contribution >= 0.6 is 0 Å². The zero-order valence-electron chi connectivity index (χ0n) is 11.6. The van der Waals surface area contributed by atoms with Crippen LogP contribution in [-0.2, 0) is 10.1 Å². The average Bonchev–Trinajstić information content (AvgIpc) is 2.26. The van der Waals surface area contributed by atoms with Gasteiger partial charge in [0.25, 0.3) is 10.1 Å². The highest BCUT2D eigenvalue weighted by atomic mass is 32.2. The first-order valence-corrected chi connectivity index (χ1v) is 7.74. The largest absolute Gasteiger partial charge is 0.285 e. The first kappa shape index (κ1) is 15.2. The molecule has 1 rings (SSSR count). The molecule has 0 aliphatic heterocycles. The number of rotatable bonds is 4. The third-order valence-electron chi connectivity index (χ3n) is 3.25. The number of hydrogen-bond donors (Lipinski definition) is 1. The second-order valence-corrected chi connectivity index (χ2v) is 7.14. The van der Waals surface area contributed by atoms with Crippen LogP contribution in [0.2, 0.25) is 0 Å². The van der Waals surface area contributed by atoms with E-state index in [2.05, 4.69) is 33.8 Å². The third kappa shape index (κ3) is 3.56. The Balaban J connectivity index is 3.36. The van der Waals surface area contributed by atoms with Crippen molar-refractivity contribution in [1.82, 2.24) is 0 Å². The number of benzene rings is 1. The molecule has 18 heavy (non-hydrogen) atoms. The van der Waals surface area contributed by atoms with Crippen LogP contribution in [0.3, 0.4) is 0 Å². The van der Waals surface area contributed by atoms with E-state index in [4.69, 9.17) is 0 Å². The van der Waals surface area contributed by atoms with Crippen LogP contribution in [0.5, 0.6) is 0 Å². The molecule has 0 saturated heterocycles. The van der Waals surface area contributed by atoms with E-state index in [1.54, 1.807) is 0 Å². The molecule has 0 spiro atoms. The molecule has 1 aromatic rings. The predicted molar refractivity (Wildman–Crippen MR) is 74.6 cm³/mol. The maximum Gasteiger partial charge on any atom is 0.271 e. The van der Waals surface area contributed by atoms with Crippen LogP contribution in [0.1, 0.15) is 68.4 Å². The lowest BCUT2D eigenvalue weighted by molar-refractivity contribution is 0.472. The lowest BCUT2D eigenvalue weighted by Crippen LogP contribution is -2.10. The SMILES string of the molecule is CC(C)c1cc(C(C)C)cc(C(C)S(=O)(=O)O)c1. The van der Waals surface area contributed by atoms with Crippen molar-refractivity contribution in [3.63, 3.8) is 0 Å². The summed E-state index contributed by atoms with van der Waals surface area (Å²) in [5.41, 5.74) is 2.87. The molecule has 0 radical (unpaired) electrons. The highest BCUT2D eigenvalue weighted by Crippen LogP contribution is 2.29. The van der Waals surface area contributed by atoms with E-state index >= 15 is 0 Å². The lowest BCUT2D eigenvalue weighted by atomic mass is 9.92. The average molecular weight is 270 g/mol. The maximum absolute atomic E-state index is 11.2. The van der Waals surface area contributed by atoms with Gasteiger partial charge in [0, 0.05) is 0 Å². The molecular formula is C14H22O3S. The van der Waals surface area contributed by atoms with Gasteiger partial charge >= 0.3 is 0 Å². The first-order chi connectivity index (χ1) is 8.12. The molecule has 1 atom stereocenters. The minimum Gasteiger partial charge on any atom is -0.285 e. The van der Waals surface area contributed by atoms with Gasteiger partial charge in [-0.1, -0.05) is 45.9 Å². The van der Waals surface area contributed by atoms with Gasteiger partial charge in [0.2, 0.25) is 0 Å². The zero-order valence-corrected chi connectivity index (χ0v) is 12.5. The summed E-state index contributed by atoms with van der Waals surface area (Å²) >= 11 is 0. The van der Waals surface area contributed by atoms with Crippen molar-refractivity contribution in [2.45, 2.75) is 51.7 Å². The summed E-state index contributed by atoms with van der Waals surface area (Å²) in [6.07, 6.45) is 0. The van der Waals surface area contributed by atoms with Crippen LogP contribution in [0, 0.1) is 0 Å². The van der Waals surface area contributed by atoms with Gasteiger partial charge in [0.15, 0.2) is 0 Å². The quantitative estimate of drug-likeness (QED) is 0.845. The summed E-state index contributed by atoms with van der Waals surface area (Å²) < 4.78 is 31.7. The molecule has 0 heterocycles. The monoisotopic (exact) mass is 270 g/mol. The summed E-state index contributed by atoms with van der Waals surface area (Å²) in [6, 6.07) is 5.85. The fraction of sp³-hybridized carbons (Fsp3) is 0.571. The van der Waals surface area contributed by atoms with E-state index in [1.807, 2.05) is 12.1 Å². The molecule has 0 saturated carbocycles. The Kier molecular flexibility index (Phi) is 4.56. The van der Waals surface area contributed by atoms with Crippen LogP contribution in [0.25, 0.3) is 0 Å². The Labute approximate surface area is 110 Å². The predicted octanol–water partition coefficient (Wildman–Crippen LogP) is 3.88. The topological polar surface area (TPSA) is 54.4 Å². The van der Waals surface area contributed by atoms with Crippen LogP contribution < -0.4 is 0 Å². The molecular weight excluding hydrogens is 248 g/mol.